The summed E-state index contributed by atoms with van der Waals surface area (Å²) in [5.41, 5.74) is 22.2. The first-order valence-corrected chi connectivity index (χ1v) is 48.6. The lowest BCUT2D eigenvalue weighted by Crippen LogP contribution is -2.08. The van der Waals surface area contributed by atoms with Crippen molar-refractivity contribution in [3.05, 3.63) is 441 Å². The highest BCUT2D eigenvalue weighted by Crippen LogP contribution is 2.34. The summed E-state index contributed by atoms with van der Waals surface area (Å²) in [5.74, 6) is 7.08. The van der Waals surface area contributed by atoms with Gasteiger partial charge in [-0.05, 0) is 276 Å². The molecule has 0 aliphatic carbocycles. The van der Waals surface area contributed by atoms with Crippen molar-refractivity contribution in [1.29, 1.82) is 0 Å². The molecular weight excluding hydrogens is 1950 g/mol. The van der Waals surface area contributed by atoms with E-state index >= 15 is 0 Å². The third-order valence-electron chi connectivity index (χ3n) is 21.8. The van der Waals surface area contributed by atoms with E-state index in [1.54, 1.807) is 55.6 Å². The van der Waals surface area contributed by atoms with Crippen LogP contribution in [0.5, 0.6) is 5.75 Å². The molecule has 0 saturated carbocycles. The third-order valence-corrected chi connectivity index (χ3v) is 22.8. The molecule has 149 heavy (non-hydrogen) atoms. The zero-order valence-corrected chi connectivity index (χ0v) is 85.4. The van der Waals surface area contributed by atoms with E-state index in [1.807, 2.05) is 363 Å². The van der Waals surface area contributed by atoms with Gasteiger partial charge in [-0.2, -0.15) is 74.8 Å². The fourth-order valence-corrected chi connectivity index (χ4v) is 15.0. The number of rotatable bonds is 31. The Bertz CT molecular complexity index is 7560. The minimum atomic E-state index is 0.345. The van der Waals surface area contributed by atoms with Crippen LogP contribution in [0.1, 0.15) is 44.5 Å². The van der Waals surface area contributed by atoms with Crippen LogP contribution in [0.2, 0.25) is 20.1 Å². The molecule has 20 rings (SSSR count). The highest BCUT2D eigenvalue weighted by molar-refractivity contribution is 6.32. The minimum Gasteiger partial charge on any atom is -0.497 e. The molecule has 744 valence electrons. The van der Waals surface area contributed by atoms with E-state index in [9.17, 15) is 0 Å². The summed E-state index contributed by atoms with van der Waals surface area (Å²) in [5, 5.41) is 51.0. The van der Waals surface area contributed by atoms with Crippen molar-refractivity contribution in [1.82, 2.24) is 74.8 Å². The Labute approximate surface area is 883 Å². The Kier molecular flexibility index (Phi) is 35.7. The van der Waals surface area contributed by atoms with E-state index < -0.39 is 0 Å². The molecule has 5 aromatic heterocycles. The van der Waals surface area contributed by atoms with Gasteiger partial charge in [0.2, 0.25) is 89.2 Å². The van der Waals surface area contributed by atoms with Crippen LogP contribution in [0.3, 0.4) is 0 Å². The first-order chi connectivity index (χ1) is 72.5. The summed E-state index contributed by atoms with van der Waals surface area (Å²) >= 11 is 24.3. The summed E-state index contributed by atoms with van der Waals surface area (Å²) in [6, 6.07) is 120. The van der Waals surface area contributed by atoms with Gasteiger partial charge in [-0.15, -0.1) is 0 Å². The van der Waals surface area contributed by atoms with Gasteiger partial charge in [0.15, 0.2) is 0 Å². The number of anilines is 30. The normalized spacial score (nSPS) is 10.4. The predicted octanol–water partition coefficient (Wildman–Crippen LogP) is 30.6. The van der Waals surface area contributed by atoms with Crippen LogP contribution in [-0.2, 0) is 0 Å². The average molecular weight is 2050 g/mol. The SMILES string of the molecule is COc1ccc(Nc2nc(Nc3cccc(Cl)c3)nc(Nc3cccc(Cl)c3)n2)cc1.Cc1ccc(Nc2nc(Nc3ccccc3C)nc(Nc3ccccc3C)n2)cc1.Cc1cccc(Nc2nc(Nc3ccccc3C)nc(Nc3ccccc3C)n2)c1.Cc1ccccc1Nc1nc(Nc2ccccc2)nc(Nc2ccccc2C)n1.Clc1cccc(Nc2nc(Nc3ccccc3)nc(Nc3cccc(Cl)c3)n2)c1. The van der Waals surface area contributed by atoms with E-state index in [0.29, 0.717) is 109 Å². The van der Waals surface area contributed by atoms with Crippen molar-refractivity contribution < 1.29 is 4.74 Å². The molecule has 20 aromatic rings. The number of nitrogens with one attached hydrogen (secondary N) is 15. The van der Waals surface area contributed by atoms with E-state index in [4.69, 9.17) is 51.1 Å². The van der Waals surface area contributed by atoms with Gasteiger partial charge < -0.3 is 84.5 Å². The van der Waals surface area contributed by atoms with Crippen LogP contribution in [0.25, 0.3) is 0 Å². The quantitative estimate of drug-likeness (QED) is 0.0192. The molecule has 0 aliphatic heterocycles. The average Bonchev–Trinajstić information content (AvgIpc) is 0.838. The maximum Gasteiger partial charge on any atom is 0.233 e. The Morgan fingerprint density at radius 3 is 0.537 bits per heavy atom. The van der Waals surface area contributed by atoms with Gasteiger partial charge in [0, 0.05) is 105 Å². The number of benzene rings is 15. The number of hydrogen-bond donors (Lipinski definition) is 15. The number of halogens is 4. The van der Waals surface area contributed by atoms with Gasteiger partial charge in [-0.1, -0.05) is 246 Å². The van der Waals surface area contributed by atoms with Crippen molar-refractivity contribution in [2.24, 2.45) is 0 Å². The zero-order valence-electron chi connectivity index (χ0n) is 82.4. The molecule has 0 fully saturated rings. The van der Waals surface area contributed by atoms with Gasteiger partial charge >= 0.3 is 0 Å². The molecule has 0 saturated heterocycles. The van der Waals surface area contributed by atoms with E-state index in [1.165, 1.54) is 5.56 Å². The van der Waals surface area contributed by atoms with Crippen LogP contribution < -0.4 is 84.5 Å². The number of para-hydroxylation sites is 8. The number of aromatic nitrogens is 15. The van der Waals surface area contributed by atoms with Crippen molar-refractivity contribution in [2.75, 3.05) is 86.9 Å². The molecular formula is C114H104Cl4N30O. The molecule has 5 heterocycles. The monoisotopic (exact) mass is 2050 g/mol. The highest BCUT2D eigenvalue weighted by Gasteiger charge is 2.19. The van der Waals surface area contributed by atoms with Crippen LogP contribution >= 0.6 is 46.4 Å². The minimum absolute atomic E-state index is 0.345. The van der Waals surface area contributed by atoms with Crippen LogP contribution in [0.4, 0.5) is 175 Å². The molecule has 0 spiro atoms. The summed E-state index contributed by atoms with van der Waals surface area (Å²) < 4.78 is 5.20. The lowest BCUT2D eigenvalue weighted by atomic mass is 10.2. The molecule has 35 heteroatoms. The Morgan fingerprint density at radius 2 is 0.329 bits per heavy atom. The van der Waals surface area contributed by atoms with Crippen molar-refractivity contribution in [3.8, 4) is 5.75 Å². The fourth-order valence-electron chi connectivity index (χ4n) is 14.2. The maximum absolute atomic E-state index is 6.09. The second-order valence-electron chi connectivity index (χ2n) is 33.5. The Morgan fingerprint density at radius 1 is 0.154 bits per heavy atom. The predicted molar refractivity (Wildman–Crippen MR) is 609 cm³/mol. The lowest BCUT2D eigenvalue weighted by molar-refractivity contribution is 0.415. The Balaban J connectivity index is 0.000000133. The summed E-state index contributed by atoms with van der Waals surface area (Å²) in [4.78, 5) is 67.9. The molecule has 0 aliphatic rings. The molecule has 0 bridgehead atoms. The van der Waals surface area contributed by atoms with Crippen molar-refractivity contribution in [3.63, 3.8) is 0 Å². The molecule has 0 radical (unpaired) electrons. The van der Waals surface area contributed by atoms with Gasteiger partial charge in [0.1, 0.15) is 5.75 Å². The smallest absolute Gasteiger partial charge is 0.233 e. The van der Waals surface area contributed by atoms with E-state index in [0.717, 1.165) is 130 Å². The number of nitrogens with zero attached hydrogens (tertiary/aromatic N) is 15. The van der Waals surface area contributed by atoms with Gasteiger partial charge in [-0.3, -0.25) is 0 Å². The summed E-state index contributed by atoms with van der Waals surface area (Å²) in [6.45, 7) is 16.4. The van der Waals surface area contributed by atoms with E-state index in [2.05, 4.69) is 174 Å². The van der Waals surface area contributed by atoms with Gasteiger partial charge in [-0.25, -0.2) is 0 Å². The maximum atomic E-state index is 6.09. The second-order valence-corrected chi connectivity index (χ2v) is 35.3. The van der Waals surface area contributed by atoms with Crippen LogP contribution in [0, 0.1) is 55.4 Å². The fraction of sp³-hybridized carbons (Fsp3) is 0.0789. The largest absolute Gasteiger partial charge is 0.497 e. The summed E-state index contributed by atoms with van der Waals surface area (Å²) in [6.07, 6.45) is 0. The summed E-state index contributed by atoms with van der Waals surface area (Å²) in [7, 11) is 1.62. The topological polar surface area (TPSA) is 383 Å². The van der Waals surface area contributed by atoms with Crippen molar-refractivity contribution >= 4 is 221 Å². The van der Waals surface area contributed by atoms with Crippen LogP contribution in [0.15, 0.2) is 376 Å². The lowest BCUT2D eigenvalue weighted by Gasteiger charge is -2.13. The number of methoxy groups -OCH3 is 1. The molecule has 31 nitrogen and oxygen atoms in total. The molecule has 0 unspecified atom stereocenters. The second kappa shape index (κ2) is 51.5. The Hall–Kier alpha value is -18.7. The zero-order chi connectivity index (χ0) is 104. The number of hydrogen-bond acceptors (Lipinski definition) is 31. The van der Waals surface area contributed by atoms with Gasteiger partial charge in [0.05, 0.1) is 7.11 Å². The first-order valence-electron chi connectivity index (χ1n) is 47.1. The number of aryl methyl sites for hydroxylation is 8. The third kappa shape index (κ3) is 32.2. The molecule has 15 aromatic carbocycles. The van der Waals surface area contributed by atoms with Crippen molar-refractivity contribution in [2.45, 2.75) is 55.4 Å². The van der Waals surface area contributed by atoms with Gasteiger partial charge in [0.25, 0.3) is 0 Å². The van der Waals surface area contributed by atoms with E-state index in [-0.39, 0.29) is 0 Å². The number of ether oxygens (including phenoxy) is 1. The van der Waals surface area contributed by atoms with Crippen LogP contribution in [-0.4, -0.2) is 81.9 Å². The molecule has 0 atom stereocenters. The highest BCUT2D eigenvalue weighted by atomic mass is 35.5. The first kappa shape index (κ1) is 103. The standard InChI is InChI=1S/2C24H24N6.C23H22N6.C22H18Cl2N6O.C21H16Cl2N6/c1-16-9-8-12-19(15-16)25-22-28-23(26-20-13-6-4-10-17(20)2)30-24(29-22)27-21-14-7-5-11-18(21)3;1-16-12-14-19(15-13-16)25-22-28-23(26-20-10-6-4-8-17(20)2)30-24(29-22)27-21-11-7-5-9-18(21)3;1-16-10-6-8-14-19(16)25-22-27-21(24-18-12-4-3-5-13-18)28-23(29-22)26-20-15-9-7-11-17(20)2;1-31-19-10-8-16(9-11-19)25-20-28-21(26-17-6-2-4-14(23)12-17)30-22(29-20)27-18-7-3-5-15(24)13-18;22-14-6-4-10-17(12-14)25-20-27-19(24-16-8-2-1-3-9-16)28-21(29-20)26-18-11-5-7-15(23)13-18/h2*4-15H,1-3H3,(H3,25,26,27,28,29,30);3-15H,1-2H3,(H3,24,25,26,27,28,29);2-13H,1H3,(H3,25,26,27,28,29,30);1-13H,(H3,24,25,26,27,28,29). The molecule has 0 amide bonds. The molecule has 15 N–H and O–H groups in total.